The van der Waals surface area contributed by atoms with Crippen LogP contribution < -0.4 is 5.14 Å². The highest BCUT2D eigenvalue weighted by atomic mass is 32.2. The summed E-state index contributed by atoms with van der Waals surface area (Å²) >= 11 is 0. The molecule has 1 saturated heterocycles. The molecule has 8 heteroatoms. The second kappa shape index (κ2) is 4.57. The van der Waals surface area contributed by atoms with Crippen molar-refractivity contribution in [3.63, 3.8) is 0 Å². The number of hydrogen-bond donors (Lipinski definition) is 2. The molecule has 2 heterocycles. The van der Waals surface area contributed by atoms with Gasteiger partial charge < -0.3 is 4.90 Å². The first-order chi connectivity index (χ1) is 9.43. The molecule has 1 fully saturated rings. The number of amides is 1. The molecule has 0 bridgehead atoms. The molecule has 3 N–H and O–H groups in total. The van der Waals surface area contributed by atoms with Crippen LogP contribution in [0.3, 0.4) is 0 Å². The van der Waals surface area contributed by atoms with Gasteiger partial charge in [0, 0.05) is 24.9 Å². The van der Waals surface area contributed by atoms with Gasteiger partial charge in [-0.05, 0) is 11.6 Å². The molecule has 1 unspecified atom stereocenters. The number of H-pyrrole nitrogens is 1. The van der Waals surface area contributed by atoms with Crippen LogP contribution in [0.15, 0.2) is 24.4 Å². The summed E-state index contributed by atoms with van der Waals surface area (Å²) in [6.07, 6.45) is 1.68. The van der Waals surface area contributed by atoms with Crippen molar-refractivity contribution in [3.05, 3.63) is 30.0 Å². The topological polar surface area (TPSA) is 109 Å². The number of carbonyl (C=O) groups excluding carboxylic acids is 1. The predicted octanol–water partition coefficient (Wildman–Crippen LogP) is -0.0477. The molecule has 1 aliphatic heterocycles. The molecule has 0 radical (unpaired) electrons. The lowest BCUT2D eigenvalue weighted by Crippen LogP contribution is -2.31. The number of nitrogens with one attached hydrogen (secondary N) is 1. The molecule has 1 aromatic heterocycles. The summed E-state index contributed by atoms with van der Waals surface area (Å²) in [4.78, 5) is 13.4. The lowest BCUT2D eigenvalue weighted by atomic mass is 10.1. The first kappa shape index (κ1) is 13.1. The normalized spacial score (nSPS) is 19.9. The summed E-state index contributed by atoms with van der Waals surface area (Å²) < 4.78 is 22.6. The molecular formula is C12H14N4O3S. The summed E-state index contributed by atoms with van der Waals surface area (Å²) in [6.45, 7) is 0.526. The molecule has 106 valence electrons. The first-order valence-corrected chi connectivity index (χ1v) is 7.76. The van der Waals surface area contributed by atoms with E-state index in [9.17, 15) is 13.2 Å². The maximum absolute atomic E-state index is 11.8. The summed E-state index contributed by atoms with van der Waals surface area (Å²) in [7, 11) is -3.67. The number of fused-ring (bicyclic) bond motifs is 1. The standard InChI is InChI=1S/C12H14N4O3S/c13-20(18,19)10-4-12(17)16(7-10)6-8-1-2-9-5-14-15-11(9)3-8/h1-3,5,10H,4,6-7H2,(H,14,15)(H2,13,18,19). The zero-order valence-corrected chi connectivity index (χ0v) is 11.4. The molecular weight excluding hydrogens is 280 g/mol. The quantitative estimate of drug-likeness (QED) is 0.827. The van der Waals surface area contributed by atoms with E-state index in [0.29, 0.717) is 6.54 Å². The predicted molar refractivity (Wildman–Crippen MR) is 73.0 cm³/mol. The van der Waals surface area contributed by atoms with Gasteiger partial charge in [-0.25, -0.2) is 13.6 Å². The smallest absolute Gasteiger partial charge is 0.224 e. The van der Waals surface area contributed by atoms with Crippen LogP contribution in [0.2, 0.25) is 0 Å². The minimum atomic E-state index is -3.67. The van der Waals surface area contributed by atoms with E-state index < -0.39 is 15.3 Å². The first-order valence-electron chi connectivity index (χ1n) is 6.15. The van der Waals surface area contributed by atoms with Gasteiger partial charge in [-0.15, -0.1) is 0 Å². The molecule has 2 aromatic rings. The highest BCUT2D eigenvalue weighted by Gasteiger charge is 2.36. The molecule has 1 atom stereocenters. The third kappa shape index (κ3) is 2.39. The van der Waals surface area contributed by atoms with Crippen LogP contribution in [0.4, 0.5) is 0 Å². The van der Waals surface area contributed by atoms with Crippen LogP contribution in [0, 0.1) is 0 Å². The summed E-state index contributed by atoms with van der Waals surface area (Å²) in [5, 5.41) is 12.1. The van der Waals surface area contributed by atoms with Crippen molar-refractivity contribution in [3.8, 4) is 0 Å². The number of hydrogen-bond acceptors (Lipinski definition) is 4. The number of sulfonamides is 1. The molecule has 20 heavy (non-hydrogen) atoms. The zero-order chi connectivity index (χ0) is 14.3. The highest BCUT2D eigenvalue weighted by Crippen LogP contribution is 2.20. The molecule has 0 spiro atoms. The monoisotopic (exact) mass is 294 g/mol. The highest BCUT2D eigenvalue weighted by molar-refractivity contribution is 7.89. The molecule has 0 saturated carbocycles. The fourth-order valence-electron chi connectivity index (χ4n) is 2.41. The Morgan fingerprint density at radius 3 is 2.95 bits per heavy atom. The van der Waals surface area contributed by atoms with E-state index in [1.165, 1.54) is 4.90 Å². The van der Waals surface area contributed by atoms with Crippen molar-refractivity contribution in [1.82, 2.24) is 15.1 Å². The SMILES string of the molecule is NS(=O)(=O)C1CC(=O)N(Cc2ccc3cn[nH]c3c2)C1. The lowest BCUT2D eigenvalue weighted by Gasteiger charge is -2.16. The Hall–Kier alpha value is -1.93. The molecule has 0 aliphatic carbocycles. The minimum Gasteiger partial charge on any atom is -0.337 e. The summed E-state index contributed by atoms with van der Waals surface area (Å²) in [5.41, 5.74) is 1.81. The third-order valence-corrected chi connectivity index (χ3v) is 4.77. The number of rotatable bonds is 3. The molecule has 1 aliphatic rings. The average Bonchev–Trinajstić information content (AvgIpc) is 2.95. The zero-order valence-electron chi connectivity index (χ0n) is 10.6. The van der Waals surface area contributed by atoms with Gasteiger partial charge >= 0.3 is 0 Å². The van der Waals surface area contributed by atoms with E-state index in [4.69, 9.17) is 5.14 Å². The van der Waals surface area contributed by atoms with Crippen LogP contribution in [-0.2, 0) is 21.4 Å². The van der Waals surface area contributed by atoms with Gasteiger partial charge in [-0.1, -0.05) is 12.1 Å². The molecule has 7 nitrogen and oxygen atoms in total. The largest absolute Gasteiger partial charge is 0.337 e. The van der Waals surface area contributed by atoms with E-state index in [1.807, 2.05) is 18.2 Å². The van der Waals surface area contributed by atoms with Gasteiger partial charge in [0.2, 0.25) is 15.9 Å². The molecule has 1 aromatic carbocycles. The van der Waals surface area contributed by atoms with E-state index in [0.717, 1.165) is 16.5 Å². The second-order valence-corrected chi connectivity index (χ2v) is 6.83. The number of nitrogens with zero attached hydrogens (tertiary/aromatic N) is 2. The van der Waals surface area contributed by atoms with Crippen molar-refractivity contribution >= 4 is 26.8 Å². The van der Waals surface area contributed by atoms with Gasteiger partial charge in [0.1, 0.15) is 5.25 Å². The van der Waals surface area contributed by atoms with E-state index in [-0.39, 0.29) is 18.9 Å². The minimum absolute atomic E-state index is 0.0366. The van der Waals surface area contributed by atoms with Crippen molar-refractivity contribution in [1.29, 1.82) is 0 Å². The number of benzene rings is 1. The van der Waals surface area contributed by atoms with Crippen LogP contribution in [0.25, 0.3) is 10.9 Å². The number of primary sulfonamides is 1. The van der Waals surface area contributed by atoms with Gasteiger partial charge in [-0.3, -0.25) is 9.89 Å². The van der Waals surface area contributed by atoms with Crippen molar-refractivity contribution < 1.29 is 13.2 Å². The molecule has 3 rings (SSSR count). The maximum Gasteiger partial charge on any atom is 0.224 e. The van der Waals surface area contributed by atoms with Gasteiger partial charge in [-0.2, -0.15) is 5.10 Å². The number of likely N-dealkylation sites (tertiary alicyclic amines) is 1. The maximum atomic E-state index is 11.8. The Balaban J connectivity index is 1.79. The fraction of sp³-hybridized carbons (Fsp3) is 0.333. The van der Waals surface area contributed by atoms with Crippen molar-refractivity contribution in [2.45, 2.75) is 18.2 Å². The van der Waals surface area contributed by atoms with Gasteiger partial charge in [0.05, 0.1) is 11.7 Å². The number of nitrogens with two attached hydrogens (primary N) is 1. The van der Waals surface area contributed by atoms with Crippen LogP contribution in [0.1, 0.15) is 12.0 Å². The van der Waals surface area contributed by atoms with Crippen LogP contribution >= 0.6 is 0 Å². The molecule has 1 amide bonds. The second-order valence-electron chi connectivity index (χ2n) is 4.98. The Bertz CT molecular complexity index is 768. The Labute approximate surface area is 115 Å². The van der Waals surface area contributed by atoms with Gasteiger partial charge in [0.15, 0.2) is 0 Å². The summed E-state index contributed by atoms with van der Waals surface area (Å²) in [6, 6.07) is 5.71. The Morgan fingerprint density at radius 2 is 2.25 bits per heavy atom. The number of aromatic amines is 1. The van der Waals surface area contributed by atoms with Gasteiger partial charge in [0.25, 0.3) is 0 Å². The Kier molecular flexibility index (Phi) is 2.98. The van der Waals surface area contributed by atoms with Crippen LogP contribution in [0.5, 0.6) is 0 Å². The lowest BCUT2D eigenvalue weighted by molar-refractivity contribution is -0.128. The van der Waals surface area contributed by atoms with E-state index in [1.54, 1.807) is 6.20 Å². The van der Waals surface area contributed by atoms with E-state index in [2.05, 4.69) is 10.2 Å². The summed E-state index contributed by atoms with van der Waals surface area (Å²) in [5.74, 6) is -0.186. The number of aromatic nitrogens is 2. The number of carbonyl (C=O) groups is 1. The van der Waals surface area contributed by atoms with Crippen molar-refractivity contribution in [2.75, 3.05) is 6.54 Å². The van der Waals surface area contributed by atoms with E-state index >= 15 is 0 Å². The fourth-order valence-corrected chi connectivity index (χ4v) is 3.17. The third-order valence-electron chi connectivity index (χ3n) is 3.52. The van der Waals surface area contributed by atoms with Crippen molar-refractivity contribution in [2.24, 2.45) is 5.14 Å². The Morgan fingerprint density at radius 1 is 1.45 bits per heavy atom. The average molecular weight is 294 g/mol. The van der Waals surface area contributed by atoms with Crippen LogP contribution in [-0.4, -0.2) is 41.2 Å².